The van der Waals surface area contributed by atoms with Gasteiger partial charge in [0.2, 0.25) is 5.91 Å². The summed E-state index contributed by atoms with van der Waals surface area (Å²) in [5.74, 6) is -1.45. The van der Waals surface area contributed by atoms with Crippen LogP contribution in [0.1, 0.15) is 32.6 Å². The Bertz CT molecular complexity index is 854. The standard InChI is InChI=1S/C21H24N2O4/c1-13-8-9-17(16(4)10-13)21(26)27-12-19(25)22-11-18(24)23-20-14(2)6-5-7-15(20)3/h5-10H,11-12H2,1-4H3,(H,22,25)(H,23,24). The van der Waals surface area contributed by atoms with Crippen LogP contribution in [0.5, 0.6) is 0 Å². The van der Waals surface area contributed by atoms with Gasteiger partial charge in [-0.1, -0.05) is 35.9 Å². The molecule has 0 bridgehead atoms. The van der Waals surface area contributed by atoms with Crippen LogP contribution in [0.15, 0.2) is 36.4 Å². The van der Waals surface area contributed by atoms with Gasteiger partial charge >= 0.3 is 5.97 Å². The molecule has 6 nitrogen and oxygen atoms in total. The second kappa shape index (κ2) is 8.98. The van der Waals surface area contributed by atoms with Crippen molar-refractivity contribution >= 4 is 23.5 Å². The average molecular weight is 368 g/mol. The van der Waals surface area contributed by atoms with Gasteiger partial charge in [-0.2, -0.15) is 0 Å². The number of esters is 1. The Morgan fingerprint density at radius 1 is 0.889 bits per heavy atom. The van der Waals surface area contributed by atoms with Crippen molar-refractivity contribution in [3.63, 3.8) is 0 Å². The molecule has 0 aliphatic carbocycles. The Hall–Kier alpha value is -3.15. The number of amides is 2. The molecule has 0 fully saturated rings. The van der Waals surface area contributed by atoms with E-state index in [0.29, 0.717) is 5.56 Å². The number of para-hydroxylation sites is 1. The van der Waals surface area contributed by atoms with Gasteiger partial charge in [-0.15, -0.1) is 0 Å². The summed E-state index contributed by atoms with van der Waals surface area (Å²) in [6.45, 7) is 6.89. The first kappa shape index (κ1) is 20.2. The van der Waals surface area contributed by atoms with Crippen molar-refractivity contribution < 1.29 is 19.1 Å². The normalized spacial score (nSPS) is 10.2. The molecule has 0 aliphatic heterocycles. The van der Waals surface area contributed by atoms with E-state index in [-0.39, 0.29) is 12.5 Å². The topological polar surface area (TPSA) is 84.5 Å². The molecular formula is C21H24N2O4. The Morgan fingerprint density at radius 2 is 1.56 bits per heavy atom. The number of nitrogens with one attached hydrogen (secondary N) is 2. The lowest BCUT2D eigenvalue weighted by Crippen LogP contribution is -2.35. The Morgan fingerprint density at radius 3 is 2.19 bits per heavy atom. The fourth-order valence-corrected chi connectivity index (χ4v) is 2.68. The highest BCUT2D eigenvalue weighted by Gasteiger charge is 2.14. The maximum Gasteiger partial charge on any atom is 0.338 e. The summed E-state index contributed by atoms with van der Waals surface area (Å²) >= 11 is 0. The van der Waals surface area contributed by atoms with Gasteiger partial charge in [0.15, 0.2) is 6.61 Å². The smallest absolute Gasteiger partial charge is 0.338 e. The summed E-state index contributed by atoms with van der Waals surface area (Å²) in [4.78, 5) is 35.9. The molecule has 0 radical (unpaired) electrons. The fourth-order valence-electron chi connectivity index (χ4n) is 2.68. The fraction of sp³-hybridized carbons (Fsp3) is 0.286. The molecular weight excluding hydrogens is 344 g/mol. The van der Waals surface area contributed by atoms with E-state index in [1.54, 1.807) is 6.07 Å². The van der Waals surface area contributed by atoms with Gasteiger partial charge < -0.3 is 15.4 Å². The molecule has 0 saturated carbocycles. The first-order valence-electron chi connectivity index (χ1n) is 8.65. The van der Waals surface area contributed by atoms with Gasteiger partial charge in [-0.3, -0.25) is 9.59 Å². The van der Waals surface area contributed by atoms with Crippen molar-refractivity contribution in [2.75, 3.05) is 18.5 Å². The molecule has 2 N–H and O–H groups in total. The van der Waals surface area contributed by atoms with Gasteiger partial charge in [-0.25, -0.2) is 4.79 Å². The van der Waals surface area contributed by atoms with Crippen LogP contribution < -0.4 is 10.6 Å². The maximum atomic E-state index is 12.1. The van der Waals surface area contributed by atoms with Crippen LogP contribution >= 0.6 is 0 Å². The quantitative estimate of drug-likeness (QED) is 0.768. The molecule has 0 saturated heterocycles. The molecule has 142 valence electrons. The number of aryl methyl sites for hydroxylation is 4. The summed E-state index contributed by atoms with van der Waals surface area (Å²) in [7, 11) is 0. The maximum absolute atomic E-state index is 12.1. The van der Waals surface area contributed by atoms with Crippen LogP contribution in [-0.4, -0.2) is 30.9 Å². The number of anilines is 1. The van der Waals surface area contributed by atoms with E-state index in [2.05, 4.69) is 10.6 Å². The number of benzene rings is 2. The van der Waals surface area contributed by atoms with Gasteiger partial charge in [0.1, 0.15) is 0 Å². The van der Waals surface area contributed by atoms with Crippen molar-refractivity contribution in [3.8, 4) is 0 Å². The molecule has 6 heteroatoms. The third kappa shape index (κ3) is 5.67. The molecule has 0 unspecified atom stereocenters. The third-order valence-corrected chi connectivity index (χ3v) is 4.13. The lowest BCUT2D eigenvalue weighted by Gasteiger charge is -2.12. The van der Waals surface area contributed by atoms with Crippen LogP contribution in [0.25, 0.3) is 0 Å². The van der Waals surface area contributed by atoms with E-state index in [9.17, 15) is 14.4 Å². The molecule has 27 heavy (non-hydrogen) atoms. The van der Waals surface area contributed by atoms with Crippen LogP contribution in [0, 0.1) is 27.7 Å². The Labute approximate surface area is 158 Å². The summed E-state index contributed by atoms with van der Waals surface area (Å²) in [6, 6.07) is 11.0. The molecule has 2 amide bonds. The number of rotatable bonds is 6. The third-order valence-electron chi connectivity index (χ3n) is 4.13. The summed E-state index contributed by atoms with van der Waals surface area (Å²) in [5.41, 5.74) is 4.86. The van der Waals surface area contributed by atoms with E-state index in [0.717, 1.165) is 27.9 Å². The molecule has 0 aromatic heterocycles. The number of ether oxygens (including phenoxy) is 1. The van der Waals surface area contributed by atoms with Crippen molar-refractivity contribution in [1.29, 1.82) is 0 Å². The van der Waals surface area contributed by atoms with E-state index >= 15 is 0 Å². The largest absolute Gasteiger partial charge is 0.452 e. The van der Waals surface area contributed by atoms with Crippen LogP contribution in [-0.2, 0) is 14.3 Å². The predicted molar refractivity (Wildman–Crippen MR) is 104 cm³/mol. The van der Waals surface area contributed by atoms with Crippen molar-refractivity contribution in [1.82, 2.24) is 5.32 Å². The monoisotopic (exact) mass is 368 g/mol. The molecule has 2 aromatic rings. The van der Waals surface area contributed by atoms with Gasteiger partial charge in [-0.05, 0) is 50.5 Å². The van der Waals surface area contributed by atoms with Crippen LogP contribution in [0.4, 0.5) is 5.69 Å². The molecule has 0 aliphatic rings. The number of carbonyl (C=O) groups excluding carboxylic acids is 3. The summed E-state index contributed by atoms with van der Waals surface area (Å²) < 4.78 is 5.02. The lowest BCUT2D eigenvalue weighted by atomic mass is 10.1. The molecule has 2 rings (SSSR count). The van der Waals surface area contributed by atoms with E-state index in [1.807, 2.05) is 58.0 Å². The average Bonchev–Trinajstić information content (AvgIpc) is 2.61. The molecule has 0 spiro atoms. The van der Waals surface area contributed by atoms with Crippen LogP contribution in [0.3, 0.4) is 0 Å². The molecule has 0 atom stereocenters. The minimum atomic E-state index is -0.567. The van der Waals surface area contributed by atoms with Gasteiger partial charge in [0.05, 0.1) is 12.1 Å². The van der Waals surface area contributed by atoms with Crippen LogP contribution in [0.2, 0.25) is 0 Å². The highest BCUT2D eigenvalue weighted by molar-refractivity contribution is 5.96. The van der Waals surface area contributed by atoms with E-state index in [4.69, 9.17) is 4.74 Å². The van der Waals surface area contributed by atoms with Gasteiger partial charge in [0.25, 0.3) is 5.91 Å². The SMILES string of the molecule is Cc1ccc(C(=O)OCC(=O)NCC(=O)Nc2c(C)cccc2C)c(C)c1. The zero-order valence-corrected chi connectivity index (χ0v) is 16.0. The first-order chi connectivity index (χ1) is 12.8. The highest BCUT2D eigenvalue weighted by Crippen LogP contribution is 2.19. The Balaban J connectivity index is 1.80. The Kier molecular flexibility index (Phi) is 6.71. The number of hydrogen-bond donors (Lipinski definition) is 2. The van der Waals surface area contributed by atoms with E-state index < -0.39 is 18.5 Å². The zero-order chi connectivity index (χ0) is 20.0. The molecule has 2 aromatic carbocycles. The second-order valence-corrected chi connectivity index (χ2v) is 6.49. The van der Waals surface area contributed by atoms with E-state index in [1.165, 1.54) is 0 Å². The van der Waals surface area contributed by atoms with Gasteiger partial charge in [0, 0.05) is 5.69 Å². The minimum absolute atomic E-state index is 0.201. The number of carbonyl (C=O) groups is 3. The molecule has 0 heterocycles. The highest BCUT2D eigenvalue weighted by atomic mass is 16.5. The minimum Gasteiger partial charge on any atom is -0.452 e. The second-order valence-electron chi connectivity index (χ2n) is 6.49. The summed E-state index contributed by atoms with van der Waals surface area (Å²) in [6.07, 6.45) is 0. The summed E-state index contributed by atoms with van der Waals surface area (Å²) in [5, 5.41) is 5.22. The first-order valence-corrected chi connectivity index (χ1v) is 8.65. The van der Waals surface area contributed by atoms with Crippen molar-refractivity contribution in [2.24, 2.45) is 0 Å². The van der Waals surface area contributed by atoms with Crippen molar-refractivity contribution in [2.45, 2.75) is 27.7 Å². The predicted octanol–water partition coefficient (Wildman–Crippen LogP) is 2.83. The zero-order valence-electron chi connectivity index (χ0n) is 16.0. The lowest BCUT2D eigenvalue weighted by molar-refractivity contribution is -0.126. The van der Waals surface area contributed by atoms with Crippen molar-refractivity contribution in [3.05, 3.63) is 64.2 Å². The number of hydrogen-bond acceptors (Lipinski definition) is 4.